The topological polar surface area (TPSA) is 80.0 Å². The lowest BCUT2D eigenvalue weighted by atomic mass is 10.1. The molecular weight excluding hydrogens is 204 g/mol. The van der Waals surface area contributed by atoms with Crippen LogP contribution in [0.3, 0.4) is 0 Å². The normalized spacial score (nSPS) is 10.9. The number of nitrogens with zero attached hydrogens (tertiary/aromatic N) is 1. The van der Waals surface area contributed by atoms with E-state index in [0.717, 1.165) is 5.69 Å². The molecule has 1 aromatic heterocycles. The number of amides is 1. The maximum absolute atomic E-state index is 11.5. The molecule has 1 aromatic rings. The lowest BCUT2D eigenvalue weighted by Crippen LogP contribution is -2.43. The first-order valence-corrected chi connectivity index (χ1v) is 5.12. The van der Waals surface area contributed by atoms with Gasteiger partial charge < -0.3 is 16.4 Å². The van der Waals surface area contributed by atoms with Crippen LogP contribution in [0.5, 0.6) is 0 Å². The van der Waals surface area contributed by atoms with Gasteiger partial charge in [-0.3, -0.25) is 9.78 Å². The first-order valence-electron chi connectivity index (χ1n) is 5.12. The molecule has 0 saturated carbocycles. The highest BCUT2D eigenvalue weighted by atomic mass is 16.2. The molecule has 5 nitrogen and oxygen atoms in total. The van der Waals surface area contributed by atoms with Gasteiger partial charge in [-0.1, -0.05) is 0 Å². The van der Waals surface area contributed by atoms with Crippen LogP contribution in [-0.4, -0.2) is 23.0 Å². The van der Waals surface area contributed by atoms with Gasteiger partial charge >= 0.3 is 0 Å². The zero-order valence-corrected chi connectivity index (χ0v) is 9.87. The number of hydrogen-bond donors (Lipinski definition) is 3. The minimum Gasteiger partial charge on any atom is -0.397 e. The Morgan fingerprint density at radius 1 is 1.44 bits per heavy atom. The average molecular weight is 222 g/mol. The Morgan fingerprint density at radius 3 is 2.69 bits per heavy atom. The molecule has 0 fully saturated rings. The summed E-state index contributed by atoms with van der Waals surface area (Å²) in [5, 5.41) is 5.80. The highest BCUT2D eigenvalue weighted by molar-refractivity contribution is 5.81. The minimum absolute atomic E-state index is 0.0603. The van der Waals surface area contributed by atoms with Gasteiger partial charge in [-0.25, -0.2) is 0 Å². The molecule has 0 atom stereocenters. The van der Waals surface area contributed by atoms with Gasteiger partial charge in [0, 0.05) is 11.7 Å². The van der Waals surface area contributed by atoms with Crippen LogP contribution in [0.15, 0.2) is 18.5 Å². The molecule has 0 aromatic carbocycles. The number of rotatable bonds is 3. The number of aromatic nitrogens is 1. The Balaban J connectivity index is 2.43. The quantitative estimate of drug-likeness (QED) is 0.712. The number of nitrogen functional groups attached to an aromatic ring is 1. The molecule has 0 aliphatic rings. The van der Waals surface area contributed by atoms with Crippen molar-refractivity contribution in [1.29, 1.82) is 0 Å². The van der Waals surface area contributed by atoms with E-state index in [1.54, 1.807) is 18.5 Å². The van der Waals surface area contributed by atoms with Crippen LogP contribution in [0.2, 0.25) is 0 Å². The molecule has 1 rings (SSSR count). The van der Waals surface area contributed by atoms with E-state index >= 15 is 0 Å². The van der Waals surface area contributed by atoms with Crippen LogP contribution >= 0.6 is 0 Å². The average Bonchev–Trinajstić information content (AvgIpc) is 2.12. The molecule has 4 N–H and O–H groups in total. The fourth-order valence-corrected chi connectivity index (χ4v) is 1.20. The van der Waals surface area contributed by atoms with Crippen molar-refractivity contribution in [1.82, 2.24) is 10.3 Å². The number of hydrogen-bond acceptors (Lipinski definition) is 4. The van der Waals surface area contributed by atoms with Crippen molar-refractivity contribution in [2.75, 3.05) is 17.6 Å². The molecule has 1 heterocycles. The number of carbonyl (C=O) groups is 1. The first-order chi connectivity index (χ1) is 7.37. The third-order valence-corrected chi connectivity index (χ3v) is 1.73. The molecule has 0 bridgehead atoms. The number of nitrogens with two attached hydrogens (primary N) is 1. The molecular formula is C11H18N4O. The maximum Gasteiger partial charge on any atom is 0.239 e. The van der Waals surface area contributed by atoms with Gasteiger partial charge in [-0.2, -0.15) is 0 Å². The number of carbonyl (C=O) groups excluding carboxylic acids is 1. The van der Waals surface area contributed by atoms with Crippen molar-refractivity contribution >= 4 is 17.3 Å². The Bertz CT molecular complexity index is 370. The molecule has 0 saturated heterocycles. The summed E-state index contributed by atoms with van der Waals surface area (Å²) in [7, 11) is 0. The van der Waals surface area contributed by atoms with Crippen LogP contribution in [0.25, 0.3) is 0 Å². The second kappa shape index (κ2) is 4.83. The van der Waals surface area contributed by atoms with Crippen molar-refractivity contribution in [3.8, 4) is 0 Å². The first kappa shape index (κ1) is 12.3. The number of pyridine rings is 1. The highest BCUT2D eigenvalue weighted by Crippen LogP contribution is 2.08. The SMILES string of the molecule is CC(C)(C)NC(=O)CNc1cncc(N)c1. The molecule has 0 aliphatic carbocycles. The Hall–Kier alpha value is -1.78. The predicted octanol–water partition coefficient (Wildman–Crippen LogP) is 0.990. The van der Waals surface area contributed by atoms with Crippen molar-refractivity contribution in [3.63, 3.8) is 0 Å². The standard InChI is InChI=1S/C11H18N4O/c1-11(2,3)15-10(16)7-14-9-4-8(12)5-13-6-9/h4-6,14H,7,12H2,1-3H3,(H,15,16). The van der Waals surface area contributed by atoms with E-state index in [4.69, 9.17) is 5.73 Å². The van der Waals surface area contributed by atoms with E-state index in [0.29, 0.717) is 5.69 Å². The van der Waals surface area contributed by atoms with Crippen LogP contribution in [0, 0.1) is 0 Å². The Labute approximate surface area is 95.4 Å². The van der Waals surface area contributed by atoms with E-state index in [-0.39, 0.29) is 18.0 Å². The van der Waals surface area contributed by atoms with Crippen LogP contribution in [0.4, 0.5) is 11.4 Å². The van der Waals surface area contributed by atoms with Crippen LogP contribution in [-0.2, 0) is 4.79 Å². The summed E-state index contributed by atoms with van der Waals surface area (Å²) in [6.45, 7) is 6.02. The zero-order chi connectivity index (χ0) is 12.2. The van der Waals surface area contributed by atoms with Crippen LogP contribution in [0.1, 0.15) is 20.8 Å². The molecule has 0 radical (unpaired) electrons. The lowest BCUT2D eigenvalue weighted by molar-refractivity contribution is -0.120. The van der Waals surface area contributed by atoms with Gasteiger partial charge in [0.25, 0.3) is 0 Å². The van der Waals surface area contributed by atoms with Crippen molar-refractivity contribution in [3.05, 3.63) is 18.5 Å². The van der Waals surface area contributed by atoms with Crippen molar-refractivity contribution in [2.45, 2.75) is 26.3 Å². The third kappa shape index (κ3) is 4.63. The Morgan fingerprint density at radius 2 is 2.12 bits per heavy atom. The zero-order valence-electron chi connectivity index (χ0n) is 9.87. The largest absolute Gasteiger partial charge is 0.397 e. The summed E-state index contributed by atoms with van der Waals surface area (Å²) >= 11 is 0. The van der Waals surface area contributed by atoms with Crippen molar-refractivity contribution in [2.24, 2.45) is 0 Å². The van der Waals surface area contributed by atoms with E-state index < -0.39 is 0 Å². The fourth-order valence-electron chi connectivity index (χ4n) is 1.20. The highest BCUT2D eigenvalue weighted by Gasteiger charge is 2.12. The number of nitrogens with one attached hydrogen (secondary N) is 2. The lowest BCUT2D eigenvalue weighted by Gasteiger charge is -2.20. The summed E-state index contributed by atoms with van der Waals surface area (Å²) in [6, 6.07) is 1.73. The second-order valence-electron chi connectivity index (χ2n) is 4.66. The Kier molecular flexibility index (Phi) is 3.71. The summed E-state index contributed by atoms with van der Waals surface area (Å²) in [5.41, 5.74) is 6.66. The molecule has 88 valence electrons. The van der Waals surface area contributed by atoms with E-state index in [9.17, 15) is 4.79 Å². The summed E-state index contributed by atoms with van der Waals surface area (Å²) < 4.78 is 0. The third-order valence-electron chi connectivity index (χ3n) is 1.73. The van der Waals surface area contributed by atoms with Gasteiger partial charge in [0.1, 0.15) is 0 Å². The summed E-state index contributed by atoms with van der Waals surface area (Å²) in [5.74, 6) is -0.0603. The van der Waals surface area contributed by atoms with Gasteiger partial charge in [0.15, 0.2) is 0 Å². The summed E-state index contributed by atoms with van der Waals surface area (Å²) in [6.07, 6.45) is 3.18. The van der Waals surface area contributed by atoms with Crippen molar-refractivity contribution < 1.29 is 4.79 Å². The maximum atomic E-state index is 11.5. The van der Waals surface area contributed by atoms with Gasteiger partial charge in [0.2, 0.25) is 5.91 Å². The second-order valence-corrected chi connectivity index (χ2v) is 4.66. The molecule has 5 heteroatoms. The molecule has 0 spiro atoms. The molecule has 16 heavy (non-hydrogen) atoms. The van der Waals surface area contributed by atoms with Gasteiger partial charge in [-0.05, 0) is 26.8 Å². The smallest absolute Gasteiger partial charge is 0.239 e. The van der Waals surface area contributed by atoms with Crippen LogP contribution < -0.4 is 16.4 Å². The number of anilines is 2. The molecule has 0 unspecified atom stereocenters. The van der Waals surface area contributed by atoms with Gasteiger partial charge in [0.05, 0.1) is 24.1 Å². The fraction of sp³-hybridized carbons (Fsp3) is 0.455. The monoisotopic (exact) mass is 222 g/mol. The van der Waals surface area contributed by atoms with E-state index in [1.165, 1.54) is 0 Å². The predicted molar refractivity (Wildman–Crippen MR) is 65.0 cm³/mol. The molecule has 0 aliphatic heterocycles. The van der Waals surface area contributed by atoms with E-state index in [1.807, 2.05) is 20.8 Å². The molecule has 1 amide bonds. The van der Waals surface area contributed by atoms with Gasteiger partial charge in [-0.15, -0.1) is 0 Å². The van der Waals surface area contributed by atoms with E-state index in [2.05, 4.69) is 15.6 Å². The summed E-state index contributed by atoms with van der Waals surface area (Å²) in [4.78, 5) is 15.4. The minimum atomic E-state index is -0.216.